The monoisotopic (exact) mass is 144 g/mol. The summed E-state index contributed by atoms with van der Waals surface area (Å²) in [6, 6.07) is 0. The number of rotatable bonds is 3. The number of hydrogen-bond acceptors (Lipinski definition) is 2. The molecular weight excluding hydrogens is 132 g/mol. The first kappa shape index (κ1) is 9.17. The van der Waals surface area contributed by atoms with Crippen LogP contribution in [0.2, 0.25) is 0 Å². The van der Waals surface area contributed by atoms with E-state index in [0.717, 1.165) is 5.57 Å². The number of carboxylic acids is 1. The fraction of sp³-hybridized carbons (Fsp3) is 0.571. The third kappa shape index (κ3) is 5.31. The fourth-order valence-electron chi connectivity index (χ4n) is 0.623. The number of carbonyl (C=O) groups is 1. The van der Waals surface area contributed by atoms with E-state index in [1.807, 2.05) is 13.8 Å². The lowest BCUT2D eigenvalue weighted by molar-refractivity contribution is -0.138. The lowest BCUT2D eigenvalue weighted by Gasteiger charge is -2.00. The second kappa shape index (κ2) is 4.06. The van der Waals surface area contributed by atoms with Crippen LogP contribution in [0.5, 0.6) is 0 Å². The van der Waals surface area contributed by atoms with E-state index in [9.17, 15) is 4.79 Å². The molecule has 0 saturated carbocycles. The smallest absolute Gasteiger partial charge is 0.306 e. The zero-order chi connectivity index (χ0) is 8.15. The Balaban J connectivity index is 3.75. The van der Waals surface area contributed by atoms with Gasteiger partial charge in [0.1, 0.15) is 0 Å². The number of carboxylic acid groups (broad SMARTS) is 1. The zero-order valence-corrected chi connectivity index (χ0v) is 6.16. The molecule has 0 amide bonds. The number of hydrogen-bond donors (Lipinski definition) is 2. The van der Waals surface area contributed by atoms with Crippen molar-refractivity contribution in [2.24, 2.45) is 0 Å². The highest BCUT2D eigenvalue weighted by Crippen LogP contribution is 1.98. The fourth-order valence-corrected chi connectivity index (χ4v) is 0.623. The topological polar surface area (TPSA) is 57.5 Å². The van der Waals surface area contributed by atoms with Crippen molar-refractivity contribution in [1.82, 2.24) is 0 Å². The van der Waals surface area contributed by atoms with Crippen LogP contribution in [-0.4, -0.2) is 22.3 Å². The third-order valence-electron chi connectivity index (χ3n) is 0.909. The average molecular weight is 144 g/mol. The summed E-state index contributed by atoms with van der Waals surface area (Å²) >= 11 is 0. The molecule has 0 aromatic carbocycles. The minimum atomic E-state index is -0.981. The summed E-state index contributed by atoms with van der Waals surface area (Å²) in [6.45, 7) is 3.62. The van der Waals surface area contributed by atoms with Gasteiger partial charge in [0.25, 0.3) is 0 Å². The first-order valence-electron chi connectivity index (χ1n) is 3.07. The third-order valence-corrected chi connectivity index (χ3v) is 0.909. The second-order valence-corrected chi connectivity index (χ2v) is 2.41. The molecule has 0 aliphatic heterocycles. The van der Waals surface area contributed by atoms with E-state index < -0.39 is 12.1 Å². The molecule has 10 heavy (non-hydrogen) atoms. The Hall–Kier alpha value is -0.830. The molecule has 0 spiro atoms. The number of aliphatic hydroxyl groups excluding tert-OH is 1. The van der Waals surface area contributed by atoms with Crippen LogP contribution in [0.3, 0.4) is 0 Å². The van der Waals surface area contributed by atoms with E-state index in [-0.39, 0.29) is 6.42 Å². The average Bonchev–Trinajstić information content (AvgIpc) is 1.58. The Morgan fingerprint density at radius 3 is 2.40 bits per heavy atom. The standard InChI is InChI=1S/C7H12O3/c1-5(2)3-6(8)4-7(9)10/h3,6,8H,4H2,1-2H3,(H,9,10)/t6-/m1/s1. The van der Waals surface area contributed by atoms with Crippen LogP contribution >= 0.6 is 0 Å². The summed E-state index contributed by atoms with van der Waals surface area (Å²) in [7, 11) is 0. The van der Waals surface area contributed by atoms with Crippen molar-refractivity contribution in [1.29, 1.82) is 0 Å². The molecule has 0 aromatic rings. The summed E-state index contributed by atoms with van der Waals surface area (Å²) in [5.74, 6) is -0.981. The van der Waals surface area contributed by atoms with Gasteiger partial charge in [0, 0.05) is 0 Å². The predicted octanol–water partition coefficient (Wildman–Crippen LogP) is 0.788. The van der Waals surface area contributed by atoms with E-state index in [4.69, 9.17) is 10.2 Å². The maximum Gasteiger partial charge on any atom is 0.306 e. The lowest BCUT2D eigenvalue weighted by Crippen LogP contribution is -2.09. The van der Waals surface area contributed by atoms with Gasteiger partial charge in [-0.1, -0.05) is 11.6 Å². The number of aliphatic hydroxyl groups is 1. The van der Waals surface area contributed by atoms with E-state index in [2.05, 4.69) is 0 Å². The first-order chi connectivity index (χ1) is 4.52. The molecule has 0 aliphatic rings. The van der Waals surface area contributed by atoms with Crippen LogP contribution in [0.4, 0.5) is 0 Å². The molecule has 0 aliphatic carbocycles. The quantitative estimate of drug-likeness (QED) is 0.576. The molecule has 3 heteroatoms. The second-order valence-electron chi connectivity index (χ2n) is 2.41. The Labute approximate surface area is 60.0 Å². The van der Waals surface area contributed by atoms with Gasteiger partial charge in [-0.3, -0.25) is 4.79 Å². The highest BCUT2D eigenvalue weighted by molar-refractivity contribution is 5.67. The lowest BCUT2D eigenvalue weighted by atomic mass is 10.2. The zero-order valence-electron chi connectivity index (χ0n) is 6.16. The number of aliphatic carboxylic acids is 1. The Bertz CT molecular complexity index is 145. The Morgan fingerprint density at radius 2 is 2.10 bits per heavy atom. The van der Waals surface area contributed by atoms with Crippen LogP contribution in [0, 0.1) is 0 Å². The molecule has 0 unspecified atom stereocenters. The summed E-state index contributed by atoms with van der Waals surface area (Å²) in [5.41, 5.74) is 0.925. The first-order valence-corrected chi connectivity index (χ1v) is 3.07. The normalized spacial score (nSPS) is 12.3. The number of allylic oxidation sites excluding steroid dienone is 1. The summed E-state index contributed by atoms with van der Waals surface area (Å²) in [4.78, 5) is 10.0. The molecule has 0 bridgehead atoms. The Morgan fingerprint density at radius 1 is 1.60 bits per heavy atom. The van der Waals surface area contributed by atoms with Gasteiger partial charge in [-0.05, 0) is 13.8 Å². The van der Waals surface area contributed by atoms with Crippen LogP contribution in [-0.2, 0) is 4.79 Å². The summed E-state index contributed by atoms with van der Waals surface area (Å²) in [5, 5.41) is 17.1. The molecule has 0 rings (SSSR count). The minimum Gasteiger partial charge on any atom is -0.481 e. The van der Waals surface area contributed by atoms with E-state index >= 15 is 0 Å². The molecule has 0 fully saturated rings. The molecule has 0 radical (unpaired) electrons. The summed E-state index contributed by atoms with van der Waals surface area (Å²) < 4.78 is 0. The van der Waals surface area contributed by atoms with Crippen molar-refractivity contribution >= 4 is 5.97 Å². The highest BCUT2D eigenvalue weighted by atomic mass is 16.4. The Kier molecular flexibility index (Phi) is 3.72. The molecule has 58 valence electrons. The predicted molar refractivity (Wildman–Crippen MR) is 37.7 cm³/mol. The van der Waals surface area contributed by atoms with Gasteiger partial charge in [0.2, 0.25) is 0 Å². The molecule has 0 saturated heterocycles. The van der Waals surface area contributed by atoms with Crippen molar-refractivity contribution in [3.63, 3.8) is 0 Å². The SMILES string of the molecule is CC(C)=C[C@@H](O)CC(=O)O. The highest BCUT2D eigenvalue weighted by Gasteiger charge is 2.04. The summed E-state index contributed by atoms with van der Waals surface area (Å²) in [6.07, 6.45) is 0.460. The maximum atomic E-state index is 10.0. The van der Waals surface area contributed by atoms with E-state index in [1.54, 1.807) is 0 Å². The molecule has 2 N–H and O–H groups in total. The van der Waals surface area contributed by atoms with Crippen molar-refractivity contribution in [3.05, 3.63) is 11.6 Å². The van der Waals surface area contributed by atoms with Gasteiger partial charge in [-0.25, -0.2) is 0 Å². The molecule has 0 aromatic heterocycles. The van der Waals surface area contributed by atoms with Crippen LogP contribution in [0.1, 0.15) is 20.3 Å². The van der Waals surface area contributed by atoms with Crippen LogP contribution < -0.4 is 0 Å². The largest absolute Gasteiger partial charge is 0.481 e. The van der Waals surface area contributed by atoms with Gasteiger partial charge >= 0.3 is 5.97 Å². The van der Waals surface area contributed by atoms with Gasteiger partial charge < -0.3 is 10.2 Å². The van der Waals surface area contributed by atoms with Crippen LogP contribution in [0.25, 0.3) is 0 Å². The van der Waals surface area contributed by atoms with E-state index in [0.29, 0.717) is 0 Å². The van der Waals surface area contributed by atoms with Gasteiger partial charge in [0.05, 0.1) is 12.5 Å². The van der Waals surface area contributed by atoms with Crippen molar-refractivity contribution in [2.45, 2.75) is 26.4 Å². The van der Waals surface area contributed by atoms with Gasteiger partial charge in [-0.2, -0.15) is 0 Å². The van der Waals surface area contributed by atoms with Gasteiger partial charge in [0.15, 0.2) is 0 Å². The molecule has 0 heterocycles. The minimum absolute atomic E-state index is 0.217. The van der Waals surface area contributed by atoms with E-state index in [1.165, 1.54) is 6.08 Å². The van der Waals surface area contributed by atoms with Crippen molar-refractivity contribution in [2.75, 3.05) is 0 Å². The van der Waals surface area contributed by atoms with Crippen LogP contribution in [0.15, 0.2) is 11.6 Å². The molecular formula is C7H12O3. The molecule has 1 atom stereocenters. The van der Waals surface area contributed by atoms with Gasteiger partial charge in [-0.15, -0.1) is 0 Å². The molecule has 3 nitrogen and oxygen atoms in total. The maximum absolute atomic E-state index is 10.0. The van der Waals surface area contributed by atoms with Crippen molar-refractivity contribution in [3.8, 4) is 0 Å². The van der Waals surface area contributed by atoms with Crippen molar-refractivity contribution < 1.29 is 15.0 Å².